The summed E-state index contributed by atoms with van der Waals surface area (Å²) >= 11 is 6.42. The Bertz CT molecular complexity index is 1440. The fourth-order valence-corrected chi connectivity index (χ4v) is 12.9. The van der Waals surface area contributed by atoms with Gasteiger partial charge in [0.25, 0.3) is 10.0 Å². The van der Waals surface area contributed by atoms with Gasteiger partial charge in [-0.3, -0.25) is 4.72 Å². The normalized spacial score (nSPS) is 13.5. The van der Waals surface area contributed by atoms with Crippen LogP contribution >= 0.6 is 11.6 Å². The second-order valence-corrected chi connectivity index (χ2v) is 20.0. The molecule has 0 atom stereocenters. The molecule has 11 heteroatoms. The zero-order valence-electron chi connectivity index (χ0n) is 24.8. The average molecular weight is 605 g/mol. The Balaban J connectivity index is 1.89. The lowest BCUT2D eigenvalue weighted by atomic mass is 9.87. The number of benzene rings is 1. The predicted octanol–water partition coefficient (Wildman–Crippen LogP) is 7.13. The van der Waals surface area contributed by atoms with Crippen molar-refractivity contribution in [2.45, 2.75) is 95.7 Å². The van der Waals surface area contributed by atoms with Crippen LogP contribution in [0.3, 0.4) is 0 Å². The molecule has 0 aliphatic carbocycles. The van der Waals surface area contributed by atoms with Gasteiger partial charge in [-0.2, -0.15) is 0 Å². The monoisotopic (exact) mass is 604 g/mol. The highest BCUT2D eigenvalue weighted by atomic mass is 35.5. The molecule has 0 bridgehead atoms. The second kappa shape index (κ2) is 12.0. The molecule has 1 aromatic carbocycles. The van der Waals surface area contributed by atoms with Crippen molar-refractivity contribution in [3.8, 4) is 0 Å². The van der Waals surface area contributed by atoms with Crippen LogP contribution in [0.25, 0.3) is 0 Å². The van der Waals surface area contributed by atoms with Gasteiger partial charge in [-0.15, -0.1) is 0 Å². The Morgan fingerprint density at radius 1 is 1.02 bits per heavy atom. The SMILES string of the molecule is CC(C)[Si](c1ncc(C(Cc2nc(NS(=O)(=O)c3ccc(C(C)(C)C)cc3)ccc2Cl)=NO)o1)(C(C)C)C(C)C. The number of aromatic nitrogens is 2. The molecule has 2 N–H and O–H groups in total. The third-order valence-corrected chi connectivity index (χ3v) is 16.1. The van der Waals surface area contributed by atoms with Crippen molar-refractivity contribution in [2.75, 3.05) is 4.72 Å². The topological polar surface area (TPSA) is 118 Å². The van der Waals surface area contributed by atoms with Crippen LogP contribution in [-0.2, 0) is 21.9 Å². The lowest BCUT2D eigenvalue weighted by Crippen LogP contribution is -2.56. The highest BCUT2D eigenvalue weighted by Crippen LogP contribution is 2.40. The van der Waals surface area contributed by atoms with Crippen molar-refractivity contribution in [3.05, 3.63) is 64.6 Å². The van der Waals surface area contributed by atoms with Gasteiger partial charge in [0.2, 0.25) is 0 Å². The Kier molecular flexibility index (Phi) is 9.58. The summed E-state index contributed by atoms with van der Waals surface area (Å²) in [5.41, 5.74) is 3.35. The molecule has 0 aliphatic rings. The zero-order valence-corrected chi connectivity index (χ0v) is 27.4. The van der Waals surface area contributed by atoms with Crippen molar-refractivity contribution in [1.29, 1.82) is 0 Å². The van der Waals surface area contributed by atoms with E-state index in [0.29, 0.717) is 33.1 Å². The summed E-state index contributed by atoms with van der Waals surface area (Å²) in [6.07, 6.45) is 1.60. The van der Waals surface area contributed by atoms with Gasteiger partial charge in [0, 0.05) is 6.42 Å². The van der Waals surface area contributed by atoms with E-state index in [9.17, 15) is 13.6 Å². The number of hydrogen-bond acceptors (Lipinski definition) is 7. The van der Waals surface area contributed by atoms with Crippen LogP contribution in [0.15, 0.2) is 57.1 Å². The van der Waals surface area contributed by atoms with Crippen molar-refractivity contribution in [1.82, 2.24) is 9.97 Å². The molecule has 2 heterocycles. The van der Waals surface area contributed by atoms with Crippen LogP contribution in [0.5, 0.6) is 0 Å². The van der Waals surface area contributed by atoms with Crippen molar-refractivity contribution < 1.29 is 18.0 Å². The number of nitrogens with one attached hydrogen (secondary N) is 1. The fraction of sp³-hybridized carbons (Fsp3) is 0.483. The number of anilines is 1. The lowest BCUT2D eigenvalue weighted by molar-refractivity contribution is 0.317. The molecule has 0 saturated carbocycles. The molecule has 0 saturated heterocycles. The first kappa shape index (κ1) is 31.8. The highest BCUT2D eigenvalue weighted by Gasteiger charge is 2.49. The molecule has 0 fully saturated rings. The smallest absolute Gasteiger partial charge is 0.263 e. The van der Waals surface area contributed by atoms with Gasteiger partial charge >= 0.3 is 0 Å². The average Bonchev–Trinajstić information content (AvgIpc) is 3.33. The summed E-state index contributed by atoms with van der Waals surface area (Å²) in [7, 11) is -6.05. The summed E-state index contributed by atoms with van der Waals surface area (Å²) in [5, 5.41) is 13.6. The number of oxazole rings is 1. The number of rotatable bonds is 10. The summed E-state index contributed by atoms with van der Waals surface area (Å²) in [6, 6.07) is 9.81. The van der Waals surface area contributed by atoms with E-state index in [1.807, 2.05) is 0 Å². The minimum absolute atomic E-state index is 0.0133. The largest absolute Gasteiger partial charge is 0.444 e. The predicted molar refractivity (Wildman–Crippen MR) is 164 cm³/mol. The van der Waals surface area contributed by atoms with Gasteiger partial charge in [-0.1, -0.05) is 91.2 Å². The molecule has 0 unspecified atom stereocenters. The quantitative estimate of drug-likeness (QED) is 0.110. The minimum atomic E-state index is -3.89. The van der Waals surface area contributed by atoms with E-state index < -0.39 is 18.1 Å². The molecule has 0 spiro atoms. The molecule has 0 aliphatic heterocycles. The standard InChI is InChI=1S/C29H41ClN4O4SSi/c1-18(2)40(19(3)4,20(5)6)28-31-17-26(38-28)25(33-35)16-24-23(30)14-15-27(32-24)34-39(36,37)22-12-10-21(11-13-22)29(7,8)9/h10-15,17-20,35H,16H2,1-9H3,(H,32,34). The van der Waals surface area contributed by atoms with Crippen LogP contribution in [0, 0.1) is 0 Å². The molecule has 3 rings (SSSR count). The summed E-state index contributed by atoms with van der Waals surface area (Å²) in [4.78, 5) is 9.21. The summed E-state index contributed by atoms with van der Waals surface area (Å²) < 4.78 is 34.9. The number of oxime groups is 1. The Morgan fingerprint density at radius 2 is 1.60 bits per heavy atom. The number of pyridine rings is 1. The molecule has 218 valence electrons. The van der Waals surface area contributed by atoms with Crippen LogP contribution < -0.4 is 10.2 Å². The van der Waals surface area contributed by atoms with Crippen LogP contribution in [0.4, 0.5) is 5.82 Å². The third-order valence-electron chi connectivity index (χ3n) is 7.67. The molecular weight excluding hydrogens is 564 g/mol. The molecule has 8 nitrogen and oxygen atoms in total. The summed E-state index contributed by atoms with van der Waals surface area (Å²) in [6.45, 7) is 19.5. The van der Waals surface area contributed by atoms with E-state index in [4.69, 9.17) is 16.0 Å². The summed E-state index contributed by atoms with van der Waals surface area (Å²) in [5.74, 6) is 0.430. The molecule has 3 aromatic rings. The number of nitrogens with zero attached hydrogens (tertiary/aromatic N) is 3. The maximum absolute atomic E-state index is 13.1. The van der Waals surface area contributed by atoms with Crippen molar-refractivity contribution in [2.24, 2.45) is 5.16 Å². The fourth-order valence-electron chi connectivity index (χ4n) is 5.67. The van der Waals surface area contributed by atoms with Crippen LogP contribution in [0.2, 0.25) is 21.6 Å². The van der Waals surface area contributed by atoms with Crippen LogP contribution in [-0.4, -0.2) is 37.4 Å². The molecule has 40 heavy (non-hydrogen) atoms. The van der Waals surface area contributed by atoms with Crippen LogP contribution in [0.1, 0.15) is 79.3 Å². The van der Waals surface area contributed by atoms with E-state index in [-0.39, 0.29) is 28.3 Å². The van der Waals surface area contributed by atoms with E-state index >= 15 is 0 Å². The van der Waals surface area contributed by atoms with E-state index in [1.165, 1.54) is 6.07 Å². The lowest BCUT2D eigenvalue weighted by Gasteiger charge is -2.39. The Morgan fingerprint density at radius 3 is 2.10 bits per heavy atom. The Labute approximate surface area is 244 Å². The van der Waals surface area contributed by atoms with Crippen molar-refractivity contribution >= 4 is 46.7 Å². The van der Waals surface area contributed by atoms with Gasteiger partial charge < -0.3 is 9.62 Å². The van der Waals surface area contributed by atoms with Gasteiger partial charge in [0.1, 0.15) is 11.5 Å². The zero-order chi connectivity index (χ0) is 30.0. The first-order valence-corrected chi connectivity index (χ1v) is 17.6. The van der Waals surface area contributed by atoms with E-state index in [2.05, 4.69) is 82.2 Å². The van der Waals surface area contributed by atoms with Gasteiger partial charge in [0.05, 0.1) is 21.8 Å². The molecule has 2 aromatic heterocycles. The molecule has 0 radical (unpaired) electrons. The number of hydrogen-bond donors (Lipinski definition) is 2. The van der Waals surface area contributed by atoms with E-state index in [1.54, 1.807) is 36.5 Å². The van der Waals surface area contributed by atoms with Gasteiger partial charge in [0.15, 0.2) is 19.3 Å². The third kappa shape index (κ3) is 6.44. The first-order valence-electron chi connectivity index (χ1n) is 13.5. The molecular formula is C29H41ClN4O4SSi. The Hall–Kier alpha value is -2.69. The second-order valence-electron chi connectivity index (χ2n) is 12.2. The first-order chi connectivity index (χ1) is 18.5. The van der Waals surface area contributed by atoms with E-state index in [0.717, 1.165) is 11.1 Å². The minimum Gasteiger partial charge on any atom is -0.444 e. The molecule has 0 amide bonds. The highest BCUT2D eigenvalue weighted by molar-refractivity contribution is 7.92. The maximum Gasteiger partial charge on any atom is 0.263 e. The van der Waals surface area contributed by atoms with Gasteiger partial charge in [-0.25, -0.2) is 18.4 Å². The maximum atomic E-state index is 13.1. The van der Waals surface area contributed by atoms with Gasteiger partial charge in [-0.05, 0) is 51.9 Å². The number of halogens is 1. The van der Waals surface area contributed by atoms with Crippen molar-refractivity contribution in [3.63, 3.8) is 0 Å². The number of sulfonamides is 1.